The molecule has 17 heavy (non-hydrogen) atoms. The third-order valence-electron chi connectivity index (χ3n) is 3.20. The molecule has 3 nitrogen and oxygen atoms in total. The van der Waals surface area contributed by atoms with Crippen LogP contribution in [0.15, 0.2) is 18.2 Å². The van der Waals surface area contributed by atoms with Gasteiger partial charge in [-0.2, -0.15) is 0 Å². The van der Waals surface area contributed by atoms with Crippen LogP contribution < -0.4 is 5.73 Å². The number of benzene rings is 1. The van der Waals surface area contributed by atoms with Gasteiger partial charge in [0.25, 0.3) is 0 Å². The number of carbonyl (C=O) groups excluding carboxylic acids is 1. The predicted molar refractivity (Wildman–Crippen MR) is 57.1 cm³/mol. The molecule has 1 aromatic rings. The first-order chi connectivity index (χ1) is 7.95. The third-order valence-corrected chi connectivity index (χ3v) is 3.20. The Morgan fingerprint density at radius 3 is 2.82 bits per heavy atom. The highest BCUT2D eigenvalue weighted by molar-refractivity contribution is 5.93. The Morgan fingerprint density at radius 1 is 1.41 bits per heavy atom. The second-order valence-corrected chi connectivity index (χ2v) is 4.37. The number of rotatable bonds is 1. The first-order valence-electron chi connectivity index (χ1n) is 5.42. The molecule has 5 heteroatoms. The Labute approximate surface area is 97.2 Å². The number of Topliss-reactive ketones (excluding diaryl/α,β-unsaturated/α-hetero) is 1. The van der Waals surface area contributed by atoms with Crippen LogP contribution in [0.1, 0.15) is 24.8 Å². The molecule has 1 aliphatic carbocycles. The summed E-state index contributed by atoms with van der Waals surface area (Å²) in [5.74, 6) is -2.02. The zero-order chi connectivity index (χ0) is 12.6. The van der Waals surface area contributed by atoms with E-state index in [9.17, 15) is 18.7 Å². The summed E-state index contributed by atoms with van der Waals surface area (Å²) in [5, 5.41) is 9.49. The first kappa shape index (κ1) is 12.1. The van der Waals surface area contributed by atoms with Crippen molar-refractivity contribution in [1.82, 2.24) is 0 Å². The zero-order valence-corrected chi connectivity index (χ0v) is 9.12. The second kappa shape index (κ2) is 4.16. The van der Waals surface area contributed by atoms with Crippen LogP contribution in [0.2, 0.25) is 0 Å². The maximum Gasteiger partial charge on any atom is 0.185 e. The third kappa shape index (κ3) is 1.96. The summed E-state index contributed by atoms with van der Waals surface area (Å²) in [6.07, 6.45) is -0.173. The minimum atomic E-state index is -1.62. The van der Waals surface area contributed by atoms with Gasteiger partial charge in [-0.25, -0.2) is 8.78 Å². The monoisotopic (exact) mass is 241 g/mol. The number of hydrogen-bond acceptors (Lipinski definition) is 3. The van der Waals surface area contributed by atoms with Gasteiger partial charge in [0.2, 0.25) is 0 Å². The molecule has 0 spiro atoms. The number of nitrogens with two attached hydrogens (primary N) is 1. The Kier molecular flexibility index (Phi) is 2.97. The van der Waals surface area contributed by atoms with Gasteiger partial charge in [-0.05, 0) is 37.5 Å². The summed E-state index contributed by atoms with van der Waals surface area (Å²) in [6, 6.07) is 2.82. The van der Waals surface area contributed by atoms with Crippen LogP contribution in [0.3, 0.4) is 0 Å². The van der Waals surface area contributed by atoms with Crippen LogP contribution in [0.25, 0.3) is 0 Å². The van der Waals surface area contributed by atoms with Crippen molar-refractivity contribution in [2.45, 2.75) is 30.9 Å². The number of aliphatic hydroxyl groups is 1. The fourth-order valence-electron chi connectivity index (χ4n) is 2.23. The molecule has 0 aromatic heterocycles. The highest BCUT2D eigenvalue weighted by Crippen LogP contribution is 2.34. The average molecular weight is 241 g/mol. The quantitative estimate of drug-likeness (QED) is 0.777. The Hall–Kier alpha value is -1.33. The number of carbonyl (C=O) groups is 1. The molecule has 0 saturated heterocycles. The predicted octanol–water partition coefficient (Wildman–Crippen LogP) is 1.23. The standard InChI is InChI=1S/C12H13F2NO2/c13-7-3-4-9(14)8(6-7)12(15)5-1-2-10(16)11(12)17/h3-4,6,10,16H,1-2,5,15H2. The molecule has 3 N–H and O–H groups in total. The lowest BCUT2D eigenvalue weighted by molar-refractivity contribution is -0.136. The molecule has 0 amide bonds. The van der Waals surface area contributed by atoms with Gasteiger partial charge in [-0.1, -0.05) is 0 Å². The van der Waals surface area contributed by atoms with Gasteiger partial charge >= 0.3 is 0 Å². The van der Waals surface area contributed by atoms with Gasteiger partial charge in [0.15, 0.2) is 5.78 Å². The van der Waals surface area contributed by atoms with Gasteiger partial charge in [-0.15, -0.1) is 0 Å². The first-order valence-corrected chi connectivity index (χ1v) is 5.42. The van der Waals surface area contributed by atoms with Crippen molar-refractivity contribution >= 4 is 5.78 Å². The SMILES string of the molecule is NC1(c2cc(F)ccc2F)CCCC(O)C1=O. The summed E-state index contributed by atoms with van der Waals surface area (Å²) in [4.78, 5) is 11.8. The number of halogens is 2. The van der Waals surface area contributed by atoms with Crippen LogP contribution in [-0.4, -0.2) is 17.0 Å². The van der Waals surface area contributed by atoms with E-state index in [4.69, 9.17) is 5.73 Å². The lowest BCUT2D eigenvalue weighted by Crippen LogP contribution is -2.53. The fourth-order valence-corrected chi connectivity index (χ4v) is 2.23. The van der Waals surface area contributed by atoms with Gasteiger partial charge in [0.1, 0.15) is 23.3 Å². The maximum atomic E-state index is 13.6. The average Bonchev–Trinajstić information content (AvgIpc) is 2.29. The van der Waals surface area contributed by atoms with Crippen molar-refractivity contribution in [3.05, 3.63) is 35.4 Å². The van der Waals surface area contributed by atoms with E-state index >= 15 is 0 Å². The van der Waals surface area contributed by atoms with E-state index in [1.54, 1.807) is 0 Å². The molecule has 0 aliphatic heterocycles. The molecular weight excluding hydrogens is 228 g/mol. The van der Waals surface area contributed by atoms with Gasteiger partial charge in [0, 0.05) is 5.56 Å². The smallest absolute Gasteiger partial charge is 0.185 e. The highest BCUT2D eigenvalue weighted by Gasteiger charge is 2.44. The summed E-state index contributed by atoms with van der Waals surface area (Å²) >= 11 is 0. The number of aliphatic hydroxyl groups excluding tert-OH is 1. The van der Waals surface area contributed by atoms with Crippen molar-refractivity contribution in [3.63, 3.8) is 0 Å². The van der Waals surface area contributed by atoms with Crippen molar-refractivity contribution in [3.8, 4) is 0 Å². The molecule has 2 atom stereocenters. The summed E-state index contributed by atoms with van der Waals surface area (Å²) in [6.45, 7) is 0. The van der Waals surface area contributed by atoms with E-state index < -0.39 is 29.1 Å². The van der Waals surface area contributed by atoms with Gasteiger partial charge in [-0.3, -0.25) is 4.79 Å². The van der Waals surface area contributed by atoms with E-state index in [0.717, 1.165) is 18.2 Å². The molecular formula is C12H13F2NO2. The fraction of sp³-hybridized carbons (Fsp3) is 0.417. The normalized spacial score (nSPS) is 29.4. The summed E-state index contributed by atoms with van der Waals surface area (Å²) in [7, 11) is 0. The van der Waals surface area contributed by atoms with Crippen LogP contribution in [0.4, 0.5) is 8.78 Å². The van der Waals surface area contributed by atoms with Crippen LogP contribution in [0.5, 0.6) is 0 Å². The van der Waals surface area contributed by atoms with E-state index in [-0.39, 0.29) is 12.0 Å². The molecule has 1 aromatic carbocycles. The topological polar surface area (TPSA) is 63.3 Å². The van der Waals surface area contributed by atoms with Crippen LogP contribution >= 0.6 is 0 Å². The zero-order valence-electron chi connectivity index (χ0n) is 9.12. The van der Waals surface area contributed by atoms with Crippen LogP contribution in [-0.2, 0) is 10.3 Å². The van der Waals surface area contributed by atoms with E-state index in [1.165, 1.54) is 0 Å². The van der Waals surface area contributed by atoms with Gasteiger partial charge in [0.05, 0.1) is 0 Å². The number of ketones is 1. The highest BCUT2D eigenvalue weighted by atomic mass is 19.1. The minimum Gasteiger partial charge on any atom is -0.385 e. The Bertz CT molecular complexity index is 464. The molecule has 0 heterocycles. The molecule has 1 saturated carbocycles. The van der Waals surface area contributed by atoms with E-state index in [2.05, 4.69) is 0 Å². The maximum absolute atomic E-state index is 13.6. The minimum absolute atomic E-state index is 0.179. The summed E-state index contributed by atoms with van der Waals surface area (Å²) in [5.41, 5.74) is 4.07. The molecule has 1 aliphatic rings. The van der Waals surface area contributed by atoms with Crippen LogP contribution in [0, 0.1) is 11.6 Å². The van der Waals surface area contributed by atoms with E-state index in [0.29, 0.717) is 12.8 Å². The molecule has 2 rings (SSSR count). The second-order valence-electron chi connectivity index (χ2n) is 4.37. The lowest BCUT2D eigenvalue weighted by atomic mass is 9.75. The lowest BCUT2D eigenvalue weighted by Gasteiger charge is -2.34. The molecule has 0 radical (unpaired) electrons. The number of hydrogen-bond donors (Lipinski definition) is 2. The van der Waals surface area contributed by atoms with Crippen molar-refractivity contribution in [2.75, 3.05) is 0 Å². The molecule has 1 fully saturated rings. The van der Waals surface area contributed by atoms with Crippen molar-refractivity contribution in [1.29, 1.82) is 0 Å². The Morgan fingerprint density at radius 2 is 2.12 bits per heavy atom. The van der Waals surface area contributed by atoms with E-state index in [1.807, 2.05) is 0 Å². The molecule has 0 bridgehead atoms. The molecule has 92 valence electrons. The van der Waals surface area contributed by atoms with Crippen molar-refractivity contribution in [2.24, 2.45) is 5.73 Å². The Balaban J connectivity index is 2.50. The summed E-state index contributed by atoms with van der Waals surface area (Å²) < 4.78 is 26.7. The van der Waals surface area contributed by atoms with Crippen molar-refractivity contribution < 1.29 is 18.7 Å². The largest absolute Gasteiger partial charge is 0.385 e. The van der Waals surface area contributed by atoms with Gasteiger partial charge < -0.3 is 10.8 Å². The molecule has 2 unspecified atom stereocenters.